The third-order valence-electron chi connectivity index (χ3n) is 6.66. The molecule has 0 N–H and O–H groups in total. The lowest BCUT2D eigenvalue weighted by atomic mass is 9.68. The van der Waals surface area contributed by atoms with Crippen molar-refractivity contribution in [3.8, 4) is 0 Å². The van der Waals surface area contributed by atoms with Crippen molar-refractivity contribution in [1.29, 1.82) is 0 Å². The van der Waals surface area contributed by atoms with Gasteiger partial charge in [-0.15, -0.1) is 0 Å². The van der Waals surface area contributed by atoms with Gasteiger partial charge in [0.25, 0.3) is 0 Å². The van der Waals surface area contributed by atoms with E-state index in [1.54, 1.807) is 0 Å². The fraction of sp³-hybridized carbons (Fsp3) is 0.308. The quantitative estimate of drug-likeness (QED) is 0.549. The Morgan fingerprint density at radius 3 is 2.46 bits per heavy atom. The van der Waals surface area contributed by atoms with Crippen LogP contribution in [0.2, 0.25) is 0 Å². The maximum absolute atomic E-state index is 4.47. The van der Waals surface area contributed by atoms with Gasteiger partial charge in [-0.25, -0.2) is 0 Å². The Labute approximate surface area is 157 Å². The molecule has 0 bridgehead atoms. The van der Waals surface area contributed by atoms with Gasteiger partial charge in [0.15, 0.2) is 0 Å². The Hall–Kier alpha value is -2.34. The standard InChI is InChI=1S/C26H26/c1-19-17-26(13-5-6-14-26)18-24-12-11-23(16-25(19)24)22-10-9-21(15-22)20-7-3-2-4-8-20/h2-4,7-9,11-12,15-16H,1,5-6,10,13-14,17-18H2. The van der Waals surface area contributed by atoms with Gasteiger partial charge in [-0.2, -0.15) is 0 Å². The summed E-state index contributed by atoms with van der Waals surface area (Å²) in [5.74, 6) is 0. The van der Waals surface area contributed by atoms with E-state index in [0.29, 0.717) is 5.41 Å². The molecule has 3 aliphatic rings. The predicted molar refractivity (Wildman–Crippen MR) is 112 cm³/mol. The van der Waals surface area contributed by atoms with Crippen LogP contribution < -0.4 is 0 Å². The number of fused-ring (bicyclic) bond motifs is 1. The second-order valence-corrected chi connectivity index (χ2v) is 8.44. The van der Waals surface area contributed by atoms with E-state index in [1.165, 1.54) is 77.5 Å². The molecule has 0 nitrogen and oxygen atoms in total. The van der Waals surface area contributed by atoms with E-state index in [1.807, 2.05) is 0 Å². The highest BCUT2D eigenvalue weighted by Gasteiger charge is 2.38. The number of hydrogen-bond donors (Lipinski definition) is 0. The summed E-state index contributed by atoms with van der Waals surface area (Å²) in [5.41, 5.74) is 10.3. The van der Waals surface area contributed by atoms with Gasteiger partial charge in [0.05, 0.1) is 0 Å². The molecule has 0 atom stereocenters. The van der Waals surface area contributed by atoms with E-state index < -0.39 is 0 Å². The molecule has 1 fully saturated rings. The van der Waals surface area contributed by atoms with Crippen molar-refractivity contribution < 1.29 is 0 Å². The number of hydrogen-bond acceptors (Lipinski definition) is 0. The van der Waals surface area contributed by atoms with Crippen molar-refractivity contribution in [2.24, 2.45) is 5.41 Å². The van der Waals surface area contributed by atoms with Gasteiger partial charge in [0.2, 0.25) is 0 Å². The number of rotatable bonds is 2. The van der Waals surface area contributed by atoms with Crippen LogP contribution in [0.4, 0.5) is 0 Å². The highest BCUT2D eigenvalue weighted by Crippen LogP contribution is 2.51. The average molecular weight is 338 g/mol. The molecule has 0 unspecified atom stereocenters. The normalized spacial score (nSPS) is 20.8. The van der Waals surface area contributed by atoms with Gasteiger partial charge in [-0.05, 0) is 82.6 Å². The van der Waals surface area contributed by atoms with E-state index in [0.717, 1.165) is 6.42 Å². The molecule has 1 saturated carbocycles. The maximum Gasteiger partial charge on any atom is -0.00821 e. The molecular formula is C26H26. The summed E-state index contributed by atoms with van der Waals surface area (Å²) in [5, 5.41) is 0. The van der Waals surface area contributed by atoms with Gasteiger partial charge < -0.3 is 0 Å². The smallest absolute Gasteiger partial charge is 0.00821 e. The van der Waals surface area contributed by atoms with Crippen LogP contribution in [0.5, 0.6) is 0 Å². The lowest BCUT2D eigenvalue weighted by Crippen LogP contribution is -2.25. The molecule has 3 aliphatic carbocycles. The fourth-order valence-corrected chi connectivity index (χ4v) is 5.31. The van der Waals surface area contributed by atoms with E-state index in [4.69, 9.17) is 0 Å². The summed E-state index contributed by atoms with van der Waals surface area (Å²) < 4.78 is 0. The van der Waals surface area contributed by atoms with Crippen LogP contribution in [-0.2, 0) is 6.42 Å². The third kappa shape index (κ3) is 2.69. The monoisotopic (exact) mass is 338 g/mol. The molecule has 2 aromatic rings. The Balaban J connectivity index is 1.44. The first-order valence-electron chi connectivity index (χ1n) is 10.0. The molecule has 0 heteroatoms. The van der Waals surface area contributed by atoms with Gasteiger partial charge in [-0.1, -0.05) is 74.0 Å². The summed E-state index contributed by atoms with van der Waals surface area (Å²) in [7, 11) is 0. The zero-order valence-corrected chi connectivity index (χ0v) is 15.4. The van der Waals surface area contributed by atoms with Crippen LogP contribution in [0.25, 0.3) is 16.7 Å². The molecule has 0 aliphatic heterocycles. The molecule has 26 heavy (non-hydrogen) atoms. The SMILES string of the molecule is C=C1CC2(CCCC2)Cc2ccc(C3=CC(c4ccccc4)=CC3)cc21. The minimum absolute atomic E-state index is 0.528. The van der Waals surface area contributed by atoms with Gasteiger partial charge >= 0.3 is 0 Å². The van der Waals surface area contributed by atoms with E-state index in [9.17, 15) is 0 Å². The third-order valence-corrected chi connectivity index (χ3v) is 6.66. The molecule has 0 aromatic heterocycles. The zero-order valence-electron chi connectivity index (χ0n) is 15.4. The summed E-state index contributed by atoms with van der Waals surface area (Å²) in [6.07, 6.45) is 13.8. The second kappa shape index (κ2) is 6.13. The Bertz CT molecular complexity index is 918. The van der Waals surface area contributed by atoms with Crippen molar-refractivity contribution in [1.82, 2.24) is 0 Å². The number of benzene rings is 2. The first kappa shape index (κ1) is 15.9. The van der Waals surface area contributed by atoms with Crippen molar-refractivity contribution in [3.05, 3.63) is 89.5 Å². The van der Waals surface area contributed by atoms with Crippen LogP contribution in [-0.4, -0.2) is 0 Å². The van der Waals surface area contributed by atoms with Crippen LogP contribution in [0.1, 0.15) is 60.8 Å². The van der Waals surface area contributed by atoms with E-state index >= 15 is 0 Å². The second-order valence-electron chi connectivity index (χ2n) is 8.44. The molecule has 2 aromatic carbocycles. The van der Waals surface area contributed by atoms with Crippen molar-refractivity contribution >= 4 is 16.7 Å². The Morgan fingerprint density at radius 2 is 1.65 bits per heavy atom. The number of allylic oxidation sites excluding steroid dienone is 5. The van der Waals surface area contributed by atoms with Crippen LogP contribution in [0, 0.1) is 5.41 Å². The van der Waals surface area contributed by atoms with Gasteiger partial charge in [-0.3, -0.25) is 0 Å². The highest BCUT2D eigenvalue weighted by atomic mass is 14.4. The summed E-state index contributed by atoms with van der Waals surface area (Å²) in [6.45, 7) is 4.47. The topological polar surface area (TPSA) is 0 Å². The van der Waals surface area contributed by atoms with Crippen LogP contribution >= 0.6 is 0 Å². The van der Waals surface area contributed by atoms with Crippen LogP contribution in [0.3, 0.4) is 0 Å². The lowest BCUT2D eigenvalue weighted by Gasteiger charge is -2.36. The molecule has 0 amide bonds. The highest BCUT2D eigenvalue weighted by molar-refractivity contribution is 5.90. The van der Waals surface area contributed by atoms with Gasteiger partial charge in [0.1, 0.15) is 0 Å². The summed E-state index contributed by atoms with van der Waals surface area (Å²) >= 11 is 0. The molecule has 1 spiro atoms. The predicted octanol–water partition coefficient (Wildman–Crippen LogP) is 7.08. The minimum Gasteiger partial charge on any atom is -0.0952 e. The summed E-state index contributed by atoms with van der Waals surface area (Å²) in [4.78, 5) is 0. The molecule has 130 valence electrons. The average Bonchev–Trinajstić information content (AvgIpc) is 3.32. The molecule has 0 heterocycles. The van der Waals surface area contributed by atoms with E-state index in [2.05, 4.69) is 67.3 Å². The minimum atomic E-state index is 0.528. The van der Waals surface area contributed by atoms with E-state index in [-0.39, 0.29) is 0 Å². The molecule has 0 saturated heterocycles. The fourth-order valence-electron chi connectivity index (χ4n) is 5.31. The first-order valence-corrected chi connectivity index (χ1v) is 10.0. The largest absolute Gasteiger partial charge is 0.0952 e. The molecule has 5 rings (SSSR count). The van der Waals surface area contributed by atoms with Crippen molar-refractivity contribution in [3.63, 3.8) is 0 Å². The Morgan fingerprint density at radius 1 is 0.846 bits per heavy atom. The zero-order chi connectivity index (χ0) is 17.6. The van der Waals surface area contributed by atoms with Gasteiger partial charge in [0, 0.05) is 0 Å². The Kier molecular flexibility index (Phi) is 3.74. The van der Waals surface area contributed by atoms with Crippen LogP contribution in [0.15, 0.2) is 67.3 Å². The lowest BCUT2D eigenvalue weighted by molar-refractivity contribution is 0.296. The van der Waals surface area contributed by atoms with Crippen molar-refractivity contribution in [2.75, 3.05) is 0 Å². The maximum atomic E-state index is 4.47. The van der Waals surface area contributed by atoms with Crippen molar-refractivity contribution in [2.45, 2.75) is 44.9 Å². The summed E-state index contributed by atoms with van der Waals surface area (Å²) in [6, 6.07) is 17.8. The first-order chi connectivity index (χ1) is 12.7. The molecule has 0 radical (unpaired) electrons. The molecular weight excluding hydrogens is 312 g/mol.